The van der Waals surface area contributed by atoms with Gasteiger partial charge in [-0.05, 0) is 12.1 Å². The topological polar surface area (TPSA) is 113 Å². The Hall–Kier alpha value is -3.08. The van der Waals surface area contributed by atoms with Crippen molar-refractivity contribution in [1.29, 1.82) is 5.26 Å². The molecule has 8 heteroatoms. The first-order valence-electron chi connectivity index (χ1n) is 6.09. The number of hydrogen-bond donors (Lipinski definition) is 2. The molecule has 0 fully saturated rings. The number of carbonyl (C=O) groups is 1. The molecule has 108 valence electrons. The monoisotopic (exact) mass is 287 g/mol. The number of nitrogens with zero attached hydrogens (tertiary/aromatic N) is 4. The second kappa shape index (κ2) is 6.38. The number of aromatic carboxylic acids is 1. The molecule has 1 aromatic heterocycles. The second-order valence-corrected chi connectivity index (χ2v) is 4.13. The van der Waals surface area contributed by atoms with E-state index in [-0.39, 0.29) is 5.69 Å². The summed E-state index contributed by atoms with van der Waals surface area (Å²) in [4.78, 5) is 10.7. The van der Waals surface area contributed by atoms with Crippen molar-refractivity contribution in [2.75, 3.05) is 19.0 Å². The van der Waals surface area contributed by atoms with Crippen molar-refractivity contribution in [1.82, 2.24) is 15.0 Å². The molecule has 0 unspecified atom stereocenters. The zero-order valence-electron chi connectivity index (χ0n) is 11.3. The lowest BCUT2D eigenvalue weighted by atomic mass is 10.2. The Kier molecular flexibility index (Phi) is 4.36. The van der Waals surface area contributed by atoms with Crippen molar-refractivity contribution in [3.05, 3.63) is 35.7 Å². The molecule has 0 saturated heterocycles. The molecule has 0 atom stereocenters. The third-order valence-electron chi connectivity index (χ3n) is 2.74. The number of aromatic nitrogens is 3. The molecule has 0 radical (unpaired) electrons. The number of methoxy groups -OCH3 is 1. The van der Waals surface area contributed by atoms with Crippen LogP contribution < -0.4 is 10.1 Å². The lowest BCUT2D eigenvalue weighted by molar-refractivity contribution is 0.0690. The third-order valence-corrected chi connectivity index (χ3v) is 2.74. The number of carboxylic acids is 1. The first kappa shape index (κ1) is 14.3. The maximum atomic E-state index is 10.7. The van der Waals surface area contributed by atoms with Crippen molar-refractivity contribution in [2.24, 2.45) is 0 Å². The highest BCUT2D eigenvalue weighted by atomic mass is 16.5. The highest BCUT2D eigenvalue weighted by Crippen LogP contribution is 2.24. The highest BCUT2D eigenvalue weighted by molar-refractivity contribution is 5.84. The van der Waals surface area contributed by atoms with Crippen molar-refractivity contribution in [3.63, 3.8) is 0 Å². The number of hydrogen-bond acceptors (Lipinski definition) is 6. The van der Waals surface area contributed by atoms with E-state index in [4.69, 9.17) is 15.1 Å². The van der Waals surface area contributed by atoms with Crippen molar-refractivity contribution in [3.8, 4) is 11.8 Å². The van der Waals surface area contributed by atoms with Gasteiger partial charge in [0.2, 0.25) is 0 Å². The van der Waals surface area contributed by atoms with Crippen molar-refractivity contribution < 1.29 is 14.6 Å². The number of nitrogens with one attached hydrogen (secondary N) is 1. The summed E-state index contributed by atoms with van der Waals surface area (Å²) in [6.45, 7) is 0.952. The van der Waals surface area contributed by atoms with Crippen LogP contribution in [-0.2, 0) is 6.54 Å². The summed E-state index contributed by atoms with van der Waals surface area (Å²) in [5.41, 5.74) is 1.17. The van der Waals surface area contributed by atoms with Gasteiger partial charge in [-0.3, -0.25) is 0 Å². The van der Waals surface area contributed by atoms with E-state index in [1.165, 1.54) is 18.0 Å². The molecule has 0 aliphatic heterocycles. The van der Waals surface area contributed by atoms with Gasteiger partial charge in [-0.2, -0.15) is 5.26 Å². The quantitative estimate of drug-likeness (QED) is 0.813. The molecule has 0 aliphatic carbocycles. The normalized spacial score (nSPS) is 9.90. The second-order valence-electron chi connectivity index (χ2n) is 4.13. The van der Waals surface area contributed by atoms with Crippen LogP contribution in [0.15, 0.2) is 24.4 Å². The minimum absolute atomic E-state index is 0.0917. The SMILES string of the molecule is COc1cc(C#N)ccc1NCCn1cc(C(=O)O)nn1. The van der Waals surface area contributed by atoms with Gasteiger partial charge in [0.05, 0.1) is 37.2 Å². The Balaban J connectivity index is 1.96. The highest BCUT2D eigenvalue weighted by Gasteiger charge is 2.08. The van der Waals surface area contributed by atoms with Crippen molar-refractivity contribution >= 4 is 11.7 Å². The zero-order chi connectivity index (χ0) is 15.2. The molecule has 0 amide bonds. The number of anilines is 1. The number of rotatable bonds is 6. The molecule has 1 aromatic carbocycles. The molecule has 0 aliphatic rings. The number of benzene rings is 1. The number of carboxylic acid groups (broad SMARTS) is 1. The van der Waals surface area contributed by atoms with E-state index in [1.807, 2.05) is 6.07 Å². The molecular weight excluding hydrogens is 274 g/mol. The predicted molar refractivity (Wildman–Crippen MR) is 73.2 cm³/mol. The Morgan fingerprint density at radius 1 is 1.57 bits per heavy atom. The molecule has 1 heterocycles. The maximum Gasteiger partial charge on any atom is 0.358 e. The number of nitriles is 1. The van der Waals surface area contributed by atoms with E-state index < -0.39 is 5.97 Å². The first-order valence-corrected chi connectivity index (χ1v) is 6.09. The summed E-state index contributed by atoms with van der Waals surface area (Å²) in [7, 11) is 1.53. The molecule has 2 N–H and O–H groups in total. The Morgan fingerprint density at radius 3 is 3.00 bits per heavy atom. The van der Waals surface area contributed by atoms with Gasteiger partial charge in [-0.25, -0.2) is 9.48 Å². The van der Waals surface area contributed by atoms with Crippen LogP contribution in [-0.4, -0.2) is 39.7 Å². The predicted octanol–water partition coefficient (Wildman–Crippen LogP) is 0.969. The van der Waals surface area contributed by atoms with E-state index in [9.17, 15) is 4.79 Å². The van der Waals surface area contributed by atoms with E-state index in [0.717, 1.165) is 5.69 Å². The van der Waals surface area contributed by atoms with Gasteiger partial charge in [-0.1, -0.05) is 5.21 Å². The fourth-order valence-corrected chi connectivity index (χ4v) is 1.72. The lowest BCUT2D eigenvalue weighted by Gasteiger charge is -2.11. The molecule has 0 bridgehead atoms. The summed E-state index contributed by atoms with van der Waals surface area (Å²) >= 11 is 0. The van der Waals surface area contributed by atoms with E-state index in [0.29, 0.717) is 24.4 Å². The molecular formula is C13H13N5O3. The van der Waals surface area contributed by atoms with Crippen LogP contribution in [0.25, 0.3) is 0 Å². The Bertz CT molecular complexity index is 689. The molecule has 8 nitrogen and oxygen atoms in total. The molecule has 0 spiro atoms. The Morgan fingerprint density at radius 2 is 2.38 bits per heavy atom. The standard InChI is InChI=1S/C13H13N5O3/c1-21-12-6-9(7-14)2-3-10(12)15-4-5-18-8-11(13(19)20)16-17-18/h2-3,6,8,15H,4-5H2,1H3,(H,19,20). The summed E-state index contributed by atoms with van der Waals surface area (Å²) in [6.07, 6.45) is 1.36. The minimum atomic E-state index is -1.11. The average Bonchev–Trinajstić information content (AvgIpc) is 2.96. The molecule has 0 saturated carbocycles. The van der Waals surface area contributed by atoms with E-state index in [1.54, 1.807) is 18.2 Å². The molecule has 2 rings (SSSR count). The lowest BCUT2D eigenvalue weighted by Crippen LogP contribution is -2.11. The molecule has 2 aromatic rings. The third kappa shape index (κ3) is 3.48. The summed E-state index contributed by atoms with van der Waals surface area (Å²) in [6, 6.07) is 7.11. The summed E-state index contributed by atoms with van der Waals surface area (Å²) in [5.74, 6) is -0.540. The van der Waals surface area contributed by atoms with Gasteiger partial charge in [0.25, 0.3) is 0 Å². The van der Waals surface area contributed by atoms with Crippen LogP contribution in [0, 0.1) is 11.3 Å². The minimum Gasteiger partial charge on any atom is -0.495 e. The van der Waals surface area contributed by atoms with Crippen LogP contribution in [0.3, 0.4) is 0 Å². The summed E-state index contributed by atoms with van der Waals surface area (Å²) < 4.78 is 6.64. The smallest absolute Gasteiger partial charge is 0.358 e. The van der Waals surface area contributed by atoms with Crippen LogP contribution in [0.1, 0.15) is 16.1 Å². The fraction of sp³-hybridized carbons (Fsp3) is 0.231. The molecule has 21 heavy (non-hydrogen) atoms. The average molecular weight is 287 g/mol. The van der Waals surface area contributed by atoms with Gasteiger partial charge in [0.15, 0.2) is 5.69 Å². The van der Waals surface area contributed by atoms with Crippen LogP contribution >= 0.6 is 0 Å². The van der Waals surface area contributed by atoms with E-state index >= 15 is 0 Å². The van der Waals surface area contributed by atoms with Crippen LogP contribution in [0.4, 0.5) is 5.69 Å². The van der Waals surface area contributed by atoms with E-state index in [2.05, 4.69) is 15.6 Å². The van der Waals surface area contributed by atoms with Crippen LogP contribution in [0.5, 0.6) is 5.75 Å². The fourth-order valence-electron chi connectivity index (χ4n) is 1.72. The van der Waals surface area contributed by atoms with Crippen molar-refractivity contribution in [2.45, 2.75) is 6.54 Å². The van der Waals surface area contributed by atoms with Gasteiger partial charge >= 0.3 is 5.97 Å². The van der Waals surface area contributed by atoms with Gasteiger partial charge in [-0.15, -0.1) is 5.10 Å². The zero-order valence-corrected chi connectivity index (χ0v) is 11.3. The van der Waals surface area contributed by atoms with Gasteiger partial charge < -0.3 is 15.2 Å². The maximum absolute atomic E-state index is 10.7. The van der Waals surface area contributed by atoms with Gasteiger partial charge in [0.1, 0.15) is 5.75 Å². The van der Waals surface area contributed by atoms with Crippen LogP contribution in [0.2, 0.25) is 0 Å². The summed E-state index contributed by atoms with van der Waals surface area (Å²) in [5, 5.41) is 27.9. The first-order chi connectivity index (χ1) is 10.1. The van der Waals surface area contributed by atoms with Gasteiger partial charge in [0, 0.05) is 12.6 Å². The Labute approximate surface area is 120 Å². The number of ether oxygens (including phenoxy) is 1. The largest absolute Gasteiger partial charge is 0.495 e.